The number of hydrogen-bond donors (Lipinski definition) is 1. The summed E-state index contributed by atoms with van der Waals surface area (Å²) in [7, 11) is -3.24. The van der Waals surface area contributed by atoms with Gasteiger partial charge in [-0.05, 0) is 44.3 Å². The van der Waals surface area contributed by atoms with Crippen LogP contribution in [-0.2, 0) is 9.84 Å². The average molecular weight is 283 g/mol. The molecule has 0 aliphatic carbocycles. The summed E-state index contributed by atoms with van der Waals surface area (Å²) in [5, 5.41) is -0.709. The molecule has 5 nitrogen and oxygen atoms in total. The van der Waals surface area contributed by atoms with Crippen molar-refractivity contribution in [3.63, 3.8) is 0 Å². The van der Waals surface area contributed by atoms with Gasteiger partial charge in [0.25, 0.3) is 0 Å². The zero-order valence-electron chi connectivity index (χ0n) is 11.6. The van der Waals surface area contributed by atoms with E-state index in [1.54, 1.807) is 4.90 Å². The highest BCUT2D eigenvalue weighted by molar-refractivity contribution is 7.91. The summed E-state index contributed by atoms with van der Waals surface area (Å²) in [6, 6.07) is 5.58. The zero-order valence-corrected chi connectivity index (χ0v) is 12.4. The van der Waals surface area contributed by atoms with Crippen molar-refractivity contribution in [2.45, 2.75) is 19.2 Å². The lowest BCUT2D eigenvalue weighted by Crippen LogP contribution is -2.45. The molecule has 0 amide bonds. The first-order chi connectivity index (χ1) is 8.85. The molecule has 0 fully saturated rings. The van der Waals surface area contributed by atoms with Crippen LogP contribution in [0.4, 0.5) is 11.4 Å². The molecule has 0 bridgehead atoms. The van der Waals surface area contributed by atoms with Crippen molar-refractivity contribution >= 4 is 27.9 Å². The Morgan fingerprint density at radius 2 is 2.11 bits per heavy atom. The summed E-state index contributed by atoms with van der Waals surface area (Å²) < 4.78 is 23.6. The Bertz CT molecular complexity index is 555. The van der Waals surface area contributed by atoms with Gasteiger partial charge in [0, 0.05) is 25.0 Å². The van der Waals surface area contributed by atoms with Gasteiger partial charge in [-0.15, -0.1) is 0 Å². The summed E-state index contributed by atoms with van der Waals surface area (Å²) in [5.41, 5.74) is 8.19. The molecule has 2 N–H and O–H groups in total. The van der Waals surface area contributed by atoms with Crippen LogP contribution in [0.15, 0.2) is 23.2 Å². The predicted molar refractivity (Wildman–Crippen MR) is 81.1 cm³/mol. The van der Waals surface area contributed by atoms with Crippen molar-refractivity contribution in [1.82, 2.24) is 0 Å². The van der Waals surface area contributed by atoms with Crippen LogP contribution in [0.1, 0.15) is 12.5 Å². The maximum absolute atomic E-state index is 11.8. The van der Waals surface area contributed by atoms with E-state index in [4.69, 9.17) is 5.73 Å². The topological polar surface area (TPSA) is 75.8 Å². The Morgan fingerprint density at radius 1 is 1.47 bits per heavy atom. The summed E-state index contributed by atoms with van der Waals surface area (Å²) in [4.78, 5) is 5.69. The van der Waals surface area contributed by atoms with Gasteiger partial charge < -0.3 is 10.6 Å². The summed E-state index contributed by atoms with van der Waals surface area (Å²) in [6.45, 7) is 7.95. The lowest BCUT2D eigenvalue weighted by molar-refractivity contribution is 0.579. The Morgan fingerprint density at radius 3 is 2.47 bits per heavy atom. The second-order valence-electron chi connectivity index (χ2n) is 4.43. The van der Waals surface area contributed by atoms with E-state index >= 15 is 0 Å². The molecule has 0 aromatic heterocycles. The molecule has 0 radical (unpaired) electrons. The highest BCUT2D eigenvalue weighted by atomic mass is 32.2. The van der Waals surface area contributed by atoms with Gasteiger partial charge in [-0.2, -0.15) is 0 Å². The summed E-state index contributed by atoms with van der Waals surface area (Å²) >= 11 is 0. The van der Waals surface area contributed by atoms with Crippen LogP contribution < -0.4 is 10.6 Å². The van der Waals surface area contributed by atoms with Crippen LogP contribution in [0.5, 0.6) is 0 Å². The summed E-state index contributed by atoms with van der Waals surface area (Å²) in [6.07, 6.45) is 1.21. The Balaban J connectivity index is 3.23. The molecule has 1 aromatic rings. The monoisotopic (exact) mass is 283 g/mol. The van der Waals surface area contributed by atoms with Gasteiger partial charge in [0.05, 0.1) is 5.69 Å². The van der Waals surface area contributed by atoms with E-state index in [0.717, 1.165) is 16.9 Å². The fourth-order valence-electron chi connectivity index (χ4n) is 2.08. The molecule has 0 saturated carbocycles. The van der Waals surface area contributed by atoms with Crippen molar-refractivity contribution in [2.24, 2.45) is 10.7 Å². The Labute approximate surface area is 115 Å². The highest BCUT2D eigenvalue weighted by Gasteiger charge is 2.26. The van der Waals surface area contributed by atoms with E-state index in [1.165, 1.54) is 6.26 Å². The van der Waals surface area contributed by atoms with Gasteiger partial charge >= 0.3 is 0 Å². The van der Waals surface area contributed by atoms with Gasteiger partial charge in [-0.1, -0.05) is 0 Å². The van der Waals surface area contributed by atoms with E-state index in [9.17, 15) is 8.42 Å². The average Bonchev–Trinajstić information content (AvgIpc) is 2.34. The first-order valence-electron chi connectivity index (χ1n) is 6.08. The number of anilines is 1. The number of rotatable bonds is 6. The second kappa shape index (κ2) is 6.16. The molecule has 0 aliphatic rings. The molecule has 0 saturated heterocycles. The lowest BCUT2D eigenvalue weighted by Gasteiger charge is -2.31. The number of nitrogens with two attached hydrogens (primary N) is 1. The van der Waals surface area contributed by atoms with E-state index in [-0.39, 0.29) is 6.54 Å². The van der Waals surface area contributed by atoms with Crippen molar-refractivity contribution in [2.75, 3.05) is 24.2 Å². The van der Waals surface area contributed by atoms with E-state index in [1.807, 2.05) is 32.0 Å². The van der Waals surface area contributed by atoms with Gasteiger partial charge in [-0.3, -0.25) is 4.99 Å². The number of aliphatic imine (C=N–C) groups is 1. The van der Waals surface area contributed by atoms with Crippen LogP contribution in [0.2, 0.25) is 0 Å². The minimum absolute atomic E-state index is 0.0627. The molecule has 106 valence electrons. The molecule has 0 heterocycles. The van der Waals surface area contributed by atoms with Crippen LogP contribution in [0.25, 0.3) is 0 Å². The van der Waals surface area contributed by atoms with Crippen molar-refractivity contribution in [3.05, 3.63) is 23.8 Å². The van der Waals surface area contributed by atoms with Crippen LogP contribution in [0, 0.1) is 6.92 Å². The highest BCUT2D eigenvalue weighted by Crippen LogP contribution is 2.26. The molecule has 0 spiro atoms. The molecule has 1 aromatic carbocycles. The minimum Gasteiger partial charge on any atom is -0.354 e. The van der Waals surface area contributed by atoms with E-state index < -0.39 is 15.2 Å². The summed E-state index contributed by atoms with van der Waals surface area (Å²) in [5.74, 6) is 0. The smallest absolute Gasteiger partial charge is 0.169 e. The van der Waals surface area contributed by atoms with Crippen molar-refractivity contribution < 1.29 is 8.42 Å². The number of nitrogens with zero attached hydrogens (tertiary/aromatic N) is 2. The maximum Gasteiger partial charge on any atom is 0.169 e. The van der Waals surface area contributed by atoms with Crippen LogP contribution in [-0.4, -0.2) is 39.9 Å². The number of hydrogen-bond acceptors (Lipinski definition) is 5. The number of sulfone groups is 1. The van der Waals surface area contributed by atoms with E-state index in [0.29, 0.717) is 6.54 Å². The normalized spacial score (nSPS) is 13.1. The molecular formula is C13H21N3O2S. The SMILES string of the molecule is C=Nc1ccc(N(CC)C(CN)S(C)(=O)=O)cc1C. The number of benzene rings is 1. The lowest BCUT2D eigenvalue weighted by atomic mass is 10.1. The van der Waals surface area contributed by atoms with Gasteiger partial charge in [0.2, 0.25) is 0 Å². The van der Waals surface area contributed by atoms with Gasteiger partial charge in [0.1, 0.15) is 5.37 Å². The Hall–Kier alpha value is -1.40. The zero-order chi connectivity index (χ0) is 14.6. The number of likely N-dealkylation sites (N-methyl/N-ethyl adjacent to an activating group) is 1. The fourth-order valence-corrected chi connectivity index (χ4v) is 3.16. The molecular weight excluding hydrogens is 262 g/mol. The van der Waals surface area contributed by atoms with Gasteiger partial charge in [-0.25, -0.2) is 8.42 Å². The number of aryl methyl sites for hydroxylation is 1. The van der Waals surface area contributed by atoms with Crippen molar-refractivity contribution in [3.8, 4) is 0 Å². The standard InChI is InChI=1S/C13H21N3O2S/c1-5-16(13(9-14)19(4,17)18)11-6-7-12(15-3)10(2)8-11/h6-8,13H,3,5,9,14H2,1-2,4H3. The van der Waals surface area contributed by atoms with Crippen LogP contribution in [0.3, 0.4) is 0 Å². The first kappa shape index (κ1) is 15.7. The second-order valence-corrected chi connectivity index (χ2v) is 6.64. The predicted octanol–water partition coefficient (Wildman–Crippen LogP) is 1.48. The first-order valence-corrected chi connectivity index (χ1v) is 8.03. The molecule has 1 rings (SSSR count). The van der Waals surface area contributed by atoms with Crippen LogP contribution >= 0.6 is 0 Å². The molecule has 1 atom stereocenters. The maximum atomic E-state index is 11.8. The molecule has 19 heavy (non-hydrogen) atoms. The van der Waals surface area contributed by atoms with E-state index in [2.05, 4.69) is 11.7 Å². The third-order valence-corrected chi connectivity index (χ3v) is 4.50. The molecule has 0 aliphatic heterocycles. The fraction of sp³-hybridized carbons (Fsp3) is 0.462. The largest absolute Gasteiger partial charge is 0.354 e. The quantitative estimate of drug-likeness (QED) is 0.802. The Kier molecular flexibility index (Phi) is 5.08. The van der Waals surface area contributed by atoms with Crippen molar-refractivity contribution in [1.29, 1.82) is 0 Å². The third kappa shape index (κ3) is 3.54. The third-order valence-electron chi connectivity index (χ3n) is 3.07. The minimum atomic E-state index is -3.24. The molecule has 1 unspecified atom stereocenters. The molecule has 6 heteroatoms. The van der Waals surface area contributed by atoms with Gasteiger partial charge in [0.15, 0.2) is 9.84 Å².